The lowest BCUT2D eigenvalue weighted by Gasteiger charge is -2.23. The molecule has 0 saturated carbocycles. The molecule has 2 aromatic rings. The lowest BCUT2D eigenvalue weighted by molar-refractivity contribution is -0.156. The second kappa shape index (κ2) is 9.69. The van der Waals surface area contributed by atoms with Gasteiger partial charge in [0.1, 0.15) is 6.04 Å². The van der Waals surface area contributed by atoms with Crippen LogP contribution in [0.4, 0.5) is 5.69 Å². The third-order valence-electron chi connectivity index (χ3n) is 4.19. The van der Waals surface area contributed by atoms with Crippen molar-refractivity contribution in [1.29, 1.82) is 0 Å². The summed E-state index contributed by atoms with van der Waals surface area (Å²) in [6.45, 7) is 7.02. The van der Waals surface area contributed by atoms with Crippen LogP contribution in [0.5, 0.6) is 0 Å². The van der Waals surface area contributed by atoms with Gasteiger partial charge in [-0.2, -0.15) is 0 Å². The number of benzene rings is 2. The molecule has 0 aliphatic heterocycles. The molecule has 0 aliphatic carbocycles. The zero-order valence-electron chi connectivity index (χ0n) is 16.6. The maximum Gasteiger partial charge on any atom is 0.329 e. The molecule has 0 aromatic heterocycles. The number of esters is 1. The fourth-order valence-corrected chi connectivity index (χ4v) is 2.58. The van der Waals surface area contributed by atoms with E-state index in [4.69, 9.17) is 4.74 Å². The normalized spacial score (nSPS) is 12.8. The van der Waals surface area contributed by atoms with Gasteiger partial charge in [0.25, 0.3) is 11.8 Å². The highest BCUT2D eigenvalue weighted by Crippen LogP contribution is 2.12. The number of hydrogen-bond acceptors (Lipinski definition) is 4. The predicted octanol–water partition coefficient (Wildman–Crippen LogP) is 3.32. The highest BCUT2D eigenvalue weighted by molar-refractivity contribution is 5.98. The first-order valence-electron chi connectivity index (χ1n) is 9.22. The van der Waals surface area contributed by atoms with E-state index < -0.39 is 24.0 Å². The maximum atomic E-state index is 12.6. The number of carbonyl (C=O) groups is 3. The molecule has 0 saturated heterocycles. The number of ether oxygens (including phenoxy) is 1. The Morgan fingerprint density at radius 3 is 2.21 bits per heavy atom. The monoisotopic (exact) mass is 382 g/mol. The van der Waals surface area contributed by atoms with Crippen molar-refractivity contribution in [3.63, 3.8) is 0 Å². The Morgan fingerprint density at radius 1 is 0.929 bits per heavy atom. The molecule has 1 unspecified atom stereocenters. The third-order valence-corrected chi connectivity index (χ3v) is 4.19. The number of hydrogen-bond donors (Lipinski definition) is 2. The van der Waals surface area contributed by atoms with Crippen LogP contribution >= 0.6 is 0 Å². The third kappa shape index (κ3) is 5.94. The van der Waals surface area contributed by atoms with Crippen molar-refractivity contribution in [3.05, 3.63) is 65.7 Å². The molecule has 0 bridgehead atoms. The molecule has 0 heterocycles. The molecule has 2 rings (SSSR count). The Kier molecular flexibility index (Phi) is 7.32. The fourth-order valence-electron chi connectivity index (χ4n) is 2.58. The van der Waals surface area contributed by atoms with Crippen LogP contribution in [0.25, 0.3) is 0 Å². The van der Waals surface area contributed by atoms with Gasteiger partial charge in [-0.3, -0.25) is 9.59 Å². The molecule has 6 heteroatoms. The smallest absolute Gasteiger partial charge is 0.329 e. The minimum Gasteiger partial charge on any atom is -0.451 e. The van der Waals surface area contributed by atoms with E-state index >= 15 is 0 Å². The first kappa shape index (κ1) is 21.2. The van der Waals surface area contributed by atoms with Crippen molar-refractivity contribution >= 4 is 23.5 Å². The number of aryl methyl sites for hydroxylation is 1. The Hall–Kier alpha value is -3.15. The molecule has 2 aromatic carbocycles. The van der Waals surface area contributed by atoms with Crippen LogP contribution in [0.15, 0.2) is 54.6 Å². The quantitative estimate of drug-likeness (QED) is 0.720. The van der Waals surface area contributed by atoms with Gasteiger partial charge in [-0.05, 0) is 49.6 Å². The second-order valence-electron chi connectivity index (χ2n) is 7.00. The minimum atomic E-state index is -0.997. The second-order valence-corrected chi connectivity index (χ2v) is 7.00. The van der Waals surface area contributed by atoms with E-state index in [2.05, 4.69) is 10.6 Å². The van der Waals surface area contributed by atoms with Gasteiger partial charge in [0.05, 0.1) is 0 Å². The van der Waals surface area contributed by atoms with Gasteiger partial charge in [-0.25, -0.2) is 4.79 Å². The van der Waals surface area contributed by atoms with Gasteiger partial charge in [-0.15, -0.1) is 0 Å². The molecule has 2 amide bonds. The summed E-state index contributed by atoms with van der Waals surface area (Å²) in [6.07, 6.45) is -0.997. The summed E-state index contributed by atoms with van der Waals surface area (Å²) in [6, 6.07) is 15.1. The van der Waals surface area contributed by atoms with Crippen LogP contribution < -0.4 is 10.6 Å². The Balaban J connectivity index is 1.98. The van der Waals surface area contributed by atoms with Gasteiger partial charge in [0.2, 0.25) is 0 Å². The summed E-state index contributed by atoms with van der Waals surface area (Å²) in [5.41, 5.74) is 2.09. The van der Waals surface area contributed by atoms with Crippen molar-refractivity contribution in [2.24, 2.45) is 5.92 Å². The SMILES string of the molecule is Cc1cccc(NC(=O)C(C)OC(=O)[C@@H](NC(=O)c2ccccc2)C(C)C)c1. The van der Waals surface area contributed by atoms with Crippen LogP contribution in [-0.2, 0) is 14.3 Å². The molecule has 2 N–H and O–H groups in total. The van der Waals surface area contributed by atoms with Crippen molar-refractivity contribution < 1.29 is 19.1 Å². The first-order chi connectivity index (χ1) is 13.3. The number of anilines is 1. The van der Waals surface area contributed by atoms with Crippen molar-refractivity contribution in [2.45, 2.75) is 39.8 Å². The van der Waals surface area contributed by atoms with Crippen molar-refractivity contribution in [2.75, 3.05) is 5.32 Å². The summed E-state index contributed by atoms with van der Waals surface area (Å²) in [5, 5.41) is 5.41. The Bertz CT molecular complexity index is 833. The van der Waals surface area contributed by atoms with Gasteiger partial charge in [-0.1, -0.05) is 44.2 Å². The summed E-state index contributed by atoms with van der Waals surface area (Å²) in [5.74, 6) is -1.65. The zero-order chi connectivity index (χ0) is 20.7. The lowest BCUT2D eigenvalue weighted by atomic mass is 10.0. The summed E-state index contributed by atoms with van der Waals surface area (Å²) in [4.78, 5) is 37.2. The molecular formula is C22H26N2O4. The zero-order valence-corrected chi connectivity index (χ0v) is 16.6. The van der Waals surface area contributed by atoms with Crippen LogP contribution in [0, 0.1) is 12.8 Å². The molecule has 0 radical (unpaired) electrons. The number of amides is 2. The average Bonchev–Trinajstić information content (AvgIpc) is 2.66. The Labute approximate surface area is 165 Å². The molecule has 0 aliphatic rings. The minimum absolute atomic E-state index is 0.202. The van der Waals surface area contributed by atoms with Crippen LogP contribution in [0.3, 0.4) is 0 Å². The molecule has 2 atom stereocenters. The van der Waals surface area contributed by atoms with E-state index in [0.29, 0.717) is 11.3 Å². The summed E-state index contributed by atoms with van der Waals surface area (Å²) in [7, 11) is 0. The molecule has 0 fully saturated rings. The standard InChI is InChI=1S/C22H26N2O4/c1-14(2)19(24-21(26)17-10-6-5-7-11-17)22(27)28-16(4)20(25)23-18-12-8-9-15(3)13-18/h5-14,16,19H,1-4H3,(H,23,25)(H,24,26)/t16?,19-/m0/s1. The summed E-state index contributed by atoms with van der Waals surface area (Å²) < 4.78 is 5.31. The van der Waals surface area contributed by atoms with Gasteiger partial charge in [0.15, 0.2) is 6.10 Å². The molecule has 6 nitrogen and oxygen atoms in total. The lowest BCUT2D eigenvalue weighted by Crippen LogP contribution is -2.47. The van der Waals surface area contributed by atoms with Gasteiger partial charge < -0.3 is 15.4 Å². The van der Waals surface area contributed by atoms with E-state index in [9.17, 15) is 14.4 Å². The van der Waals surface area contributed by atoms with Crippen LogP contribution in [0.2, 0.25) is 0 Å². The largest absolute Gasteiger partial charge is 0.451 e. The number of carbonyl (C=O) groups excluding carboxylic acids is 3. The predicted molar refractivity (Wildman–Crippen MR) is 108 cm³/mol. The van der Waals surface area contributed by atoms with Gasteiger partial charge in [0, 0.05) is 11.3 Å². The van der Waals surface area contributed by atoms with E-state index in [1.54, 1.807) is 50.2 Å². The van der Waals surface area contributed by atoms with E-state index in [-0.39, 0.29) is 11.8 Å². The number of nitrogens with one attached hydrogen (secondary N) is 2. The fraction of sp³-hybridized carbons (Fsp3) is 0.318. The van der Waals surface area contributed by atoms with E-state index in [1.165, 1.54) is 6.92 Å². The van der Waals surface area contributed by atoms with Crippen molar-refractivity contribution in [3.8, 4) is 0 Å². The maximum absolute atomic E-state index is 12.6. The highest BCUT2D eigenvalue weighted by Gasteiger charge is 2.29. The molecule has 28 heavy (non-hydrogen) atoms. The highest BCUT2D eigenvalue weighted by atomic mass is 16.5. The number of rotatable bonds is 7. The molecule has 148 valence electrons. The average molecular weight is 382 g/mol. The molecular weight excluding hydrogens is 356 g/mol. The summed E-state index contributed by atoms with van der Waals surface area (Å²) >= 11 is 0. The van der Waals surface area contributed by atoms with Gasteiger partial charge >= 0.3 is 5.97 Å². The van der Waals surface area contributed by atoms with Crippen LogP contribution in [-0.4, -0.2) is 29.9 Å². The van der Waals surface area contributed by atoms with Crippen molar-refractivity contribution in [1.82, 2.24) is 5.32 Å². The first-order valence-corrected chi connectivity index (χ1v) is 9.22. The molecule has 0 spiro atoms. The topological polar surface area (TPSA) is 84.5 Å². The van der Waals surface area contributed by atoms with E-state index in [1.807, 2.05) is 25.1 Å². The Morgan fingerprint density at radius 2 is 1.61 bits per heavy atom. The van der Waals surface area contributed by atoms with E-state index in [0.717, 1.165) is 5.56 Å². The van der Waals surface area contributed by atoms with Crippen LogP contribution in [0.1, 0.15) is 36.7 Å².